The quantitative estimate of drug-likeness (QED) is 0.804. The molecule has 2 heterocycles. The van der Waals surface area contributed by atoms with Gasteiger partial charge in [-0.05, 0) is 41.3 Å². The van der Waals surface area contributed by atoms with E-state index in [1.807, 2.05) is 16.9 Å². The maximum absolute atomic E-state index is 9.94. The van der Waals surface area contributed by atoms with Crippen molar-refractivity contribution < 1.29 is 5.11 Å². The van der Waals surface area contributed by atoms with Crippen molar-refractivity contribution in [3.8, 4) is 5.69 Å². The molecule has 1 unspecified atom stereocenters. The normalized spacial score (nSPS) is 17.6. The molecule has 0 aliphatic carbocycles. The summed E-state index contributed by atoms with van der Waals surface area (Å²) in [6, 6.07) is 18.9. The standard InChI is InChI=1S/C20H21N3O/c24-15-20-19-8-2-1-6-17(19)9-12-22(20)14-16-5-3-7-18(13-16)23-11-4-10-21-23/h1-8,10-11,13,20,24H,9,12,14-15H2. The number of benzene rings is 2. The molecule has 122 valence electrons. The van der Waals surface area contributed by atoms with Gasteiger partial charge in [0.15, 0.2) is 0 Å². The van der Waals surface area contributed by atoms with Gasteiger partial charge in [0.25, 0.3) is 0 Å². The van der Waals surface area contributed by atoms with Crippen LogP contribution in [0.2, 0.25) is 0 Å². The fraction of sp³-hybridized carbons (Fsp3) is 0.250. The molecule has 24 heavy (non-hydrogen) atoms. The van der Waals surface area contributed by atoms with Crippen LogP contribution in [0.5, 0.6) is 0 Å². The van der Waals surface area contributed by atoms with Gasteiger partial charge in [0.1, 0.15) is 0 Å². The van der Waals surface area contributed by atoms with Crippen molar-refractivity contribution in [1.29, 1.82) is 0 Å². The van der Waals surface area contributed by atoms with E-state index in [1.54, 1.807) is 6.20 Å². The molecular formula is C20H21N3O. The molecule has 1 N–H and O–H groups in total. The molecule has 2 aromatic carbocycles. The summed E-state index contributed by atoms with van der Waals surface area (Å²) >= 11 is 0. The van der Waals surface area contributed by atoms with E-state index in [0.717, 1.165) is 25.2 Å². The minimum Gasteiger partial charge on any atom is -0.394 e. The summed E-state index contributed by atoms with van der Waals surface area (Å²) in [5, 5.41) is 14.2. The first-order valence-corrected chi connectivity index (χ1v) is 8.37. The highest BCUT2D eigenvalue weighted by Gasteiger charge is 2.26. The van der Waals surface area contributed by atoms with Gasteiger partial charge in [0, 0.05) is 25.5 Å². The van der Waals surface area contributed by atoms with Crippen LogP contribution in [0.25, 0.3) is 5.69 Å². The summed E-state index contributed by atoms with van der Waals surface area (Å²) in [5.41, 5.74) is 4.92. The van der Waals surface area contributed by atoms with Crippen LogP contribution in [0, 0.1) is 0 Å². The molecule has 4 rings (SSSR count). The zero-order valence-electron chi connectivity index (χ0n) is 13.5. The van der Waals surface area contributed by atoms with Crippen molar-refractivity contribution in [3.63, 3.8) is 0 Å². The zero-order valence-corrected chi connectivity index (χ0v) is 13.5. The summed E-state index contributed by atoms with van der Waals surface area (Å²) in [6.45, 7) is 1.94. The number of rotatable bonds is 4. The lowest BCUT2D eigenvalue weighted by atomic mass is 9.92. The molecule has 1 aromatic heterocycles. The molecule has 4 nitrogen and oxygen atoms in total. The monoisotopic (exact) mass is 319 g/mol. The number of fused-ring (bicyclic) bond motifs is 1. The van der Waals surface area contributed by atoms with Crippen molar-refractivity contribution in [3.05, 3.63) is 83.7 Å². The highest BCUT2D eigenvalue weighted by molar-refractivity contribution is 5.36. The summed E-state index contributed by atoms with van der Waals surface area (Å²) in [7, 11) is 0. The van der Waals surface area contributed by atoms with Crippen molar-refractivity contribution in [2.24, 2.45) is 0 Å². The highest BCUT2D eigenvalue weighted by Crippen LogP contribution is 2.30. The van der Waals surface area contributed by atoms with E-state index in [4.69, 9.17) is 0 Å². The average Bonchev–Trinajstić information content (AvgIpc) is 3.16. The average molecular weight is 319 g/mol. The number of aliphatic hydroxyl groups excluding tert-OH is 1. The smallest absolute Gasteiger partial charge is 0.0648 e. The molecule has 1 atom stereocenters. The van der Waals surface area contributed by atoms with Gasteiger partial charge >= 0.3 is 0 Å². The van der Waals surface area contributed by atoms with E-state index in [9.17, 15) is 5.11 Å². The molecule has 0 bridgehead atoms. The van der Waals surface area contributed by atoms with Gasteiger partial charge in [-0.2, -0.15) is 5.10 Å². The second-order valence-electron chi connectivity index (χ2n) is 6.24. The minimum absolute atomic E-state index is 0.0725. The molecule has 0 amide bonds. The maximum atomic E-state index is 9.94. The minimum atomic E-state index is 0.0725. The third-order valence-electron chi connectivity index (χ3n) is 4.76. The Morgan fingerprint density at radius 3 is 2.83 bits per heavy atom. The predicted molar refractivity (Wildman–Crippen MR) is 93.9 cm³/mol. The van der Waals surface area contributed by atoms with E-state index < -0.39 is 0 Å². The molecule has 1 aliphatic rings. The Labute approximate surface area is 142 Å². The van der Waals surface area contributed by atoms with Crippen molar-refractivity contribution in [1.82, 2.24) is 14.7 Å². The van der Waals surface area contributed by atoms with Crippen LogP contribution in [0.3, 0.4) is 0 Å². The number of hydrogen-bond acceptors (Lipinski definition) is 3. The molecule has 0 fully saturated rings. The summed E-state index contributed by atoms with van der Waals surface area (Å²) in [4.78, 5) is 2.37. The van der Waals surface area contributed by atoms with Gasteiger partial charge in [-0.15, -0.1) is 0 Å². The SMILES string of the molecule is OCC1c2ccccc2CCN1Cc1cccc(-n2cccn2)c1. The molecule has 1 aliphatic heterocycles. The van der Waals surface area contributed by atoms with Gasteiger partial charge in [0.2, 0.25) is 0 Å². The molecule has 0 spiro atoms. The number of nitrogens with zero attached hydrogens (tertiary/aromatic N) is 3. The zero-order chi connectivity index (χ0) is 16.4. The van der Waals surface area contributed by atoms with E-state index >= 15 is 0 Å². The molecule has 4 heteroatoms. The molecule has 3 aromatic rings. The van der Waals surface area contributed by atoms with Gasteiger partial charge < -0.3 is 5.11 Å². The Kier molecular flexibility index (Phi) is 4.15. The maximum Gasteiger partial charge on any atom is 0.0648 e. The fourth-order valence-electron chi connectivity index (χ4n) is 3.56. The summed E-state index contributed by atoms with van der Waals surface area (Å²) < 4.78 is 1.87. The first-order valence-electron chi connectivity index (χ1n) is 8.37. The van der Waals surface area contributed by atoms with Crippen LogP contribution in [-0.2, 0) is 13.0 Å². The van der Waals surface area contributed by atoms with Crippen LogP contribution < -0.4 is 0 Å². The summed E-state index contributed by atoms with van der Waals surface area (Å²) in [6.07, 6.45) is 4.77. The van der Waals surface area contributed by atoms with E-state index in [0.29, 0.717) is 0 Å². The largest absolute Gasteiger partial charge is 0.394 e. The molecule has 0 saturated carbocycles. The molecule has 0 saturated heterocycles. The fourth-order valence-corrected chi connectivity index (χ4v) is 3.56. The highest BCUT2D eigenvalue weighted by atomic mass is 16.3. The molecular weight excluding hydrogens is 298 g/mol. The Balaban J connectivity index is 1.58. The first-order chi connectivity index (χ1) is 11.8. The summed E-state index contributed by atoms with van der Waals surface area (Å²) in [5.74, 6) is 0. The van der Waals surface area contributed by atoms with E-state index in [-0.39, 0.29) is 12.6 Å². The van der Waals surface area contributed by atoms with Crippen LogP contribution >= 0.6 is 0 Å². The molecule has 0 radical (unpaired) electrons. The first kappa shape index (κ1) is 15.1. The van der Waals surface area contributed by atoms with Crippen LogP contribution in [0.1, 0.15) is 22.7 Å². The van der Waals surface area contributed by atoms with E-state index in [2.05, 4.69) is 58.5 Å². The van der Waals surface area contributed by atoms with Crippen molar-refractivity contribution in [2.45, 2.75) is 19.0 Å². The lowest BCUT2D eigenvalue weighted by Crippen LogP contribution is -2.36. The van der Waals surface area contributed by atoms with Gasteiger partial charge in [-0.3, -0.25) is 4.90 Å². The Bertz CT molecular complexity index is 813. The van der Waals surface area contributed by atoms with Crippen LogP contribution in [0.4, 0.5) is 0 Å². The van der Waals surface area contributed by atoms with Gasteiger partial charge in [0.05, 0.1) is 18.3 Å². The van der Waals surface area contributed by atoms with Crippen molar-refractivity contribution in [2.75, 3.05) is 13.2 Å². The second-order valence-corrected chi connectivity index (χ2v) is 6.24. The number of aliphatic hydroxyl groups is 1. The van der Waals surface area contributed by atoms with Gasteiger partial charge in [-0.25, -0.2) is 4.68 Å². The third-order valence-corrected chi connectivity index (χ3v) is 4.76. The second kappa shape index (κ2) is 6.59. The van der Waals surface area contributed by atoms with Gasteiger partial charge in [-0.1, -0.05) is 36.4 Å². The topological polar surface area (TPSA) is 41.3 Å². The Morgan fingerprint density at radius 1 is 1.08 bits per heavy atom. The number of aromatic nitrogens is 2. The third kappa shape index (κ3) is 2.86. The van der Waals surface area contributed by atoms with Crippen molar-refractivity contribution >= 4 is 0 Å². The lowest BCUT2D eigenvalue weighted by Gasteiger charge is -2.36. The van der Waals surface area contributed by atoms with E-state index in [1.165, 1.54) is 16.7 Å². The van der Waals surface area contributed by atoms with Crippen LogP contribution in [0.15, 0.2) is 67.0 Å². The number of hydrogen-bond donors (Lipinski definition) is 1. The lowest BCUT2D eigenvalue weighted by molar-refractivity contribution is 0.108. The predicted octanol–water partition coefficient (Wildman–Crippen LogP) is 2.96. The Hall–Kier alpha value is -2.43. The van der Waals surface area contributed by atoms with Crippen LogP contribution in [-0.4, -0.2) is 32.9 Å². The Morgan fingerprint density at radius 2 is 2.00 bits per heavy atom.